The molecule has 0 saturated carbocycles. The predicted octanol–water partition coefficient (Wildman–Crippen LogP) is 3.00. The number of rotatable bonds is 2. The van der Waals surface area contributed by atoms with E-state index in [0.29, 0.717) is 0 Å². The number of benzene rings is 1. The standard InChI is InChI=1S/C14H19NO/c1-10-6-7-12(11(2)9-10)14(15)13-5-3-4-8-16-13/h5-7,9,14H,3-4,8,15H2,1-2H3. The molecule has 16 heavy (non-hydrogen) atoms. The van der Waals surface area contributed by atoms with Crippen molar-refractivity contribution in [3.63, 3.8) is 0 Å². The van der Waals surface area contributed by atoms with Gasteiger partial charge < -0.3 is 10.5 Å². The third-order valence-corrected chi connectivity index (χ3v) is 3.03. The summed E-state index contributed by atoms with van der Waals surface area (Å²) in [6.45, 7) is 4.99. The van der Waals surface area contributed by atoms with Crippen LogP contribution < -0.4 is 5.73 Å². The Bertz CT molecular complexity index is 409. The number of hydrogen-bond donors (Lipinski definition) is 1. The minimum absolute atomic E-state index is 0.110. The second kappa shape index (κ2) is 4.71. The Hall–Kier alpha value is -1.28. The first-order valence-corrected chi connectivity index (χ1v) is 5.84. The van der Waals surface area contributed by atoms with Gasteiger partial charge in [-0.1, -0.05) is 23.8 Å². The van der Waals surface area contributed by atoms with E-state index in [0.717, 1.165) is 25.2 Å². The summed E-state index contributed by atoms with van der Waals surface area (Å²) in [5.74, 6) is 0.929. The Balaban J connectivity index is 2.26. The van der Waals surface area contributed by atoms with Crippen LogP contribution in [0.15, 0.2) is 30.0 Å². The van der Waals surface area contributed by atoms with Crippen LogP contribution >= 0.6 is 0 Å². The maximum Gasteiger partial charge on any atom is 0.113 e. The third kappa shape index (κ3) is 2.27. The second-order valence-corrected chi connectivity index (χ2v) is 4.43. The molecule has 0 radical (unpaired) electrons. The van der Waals surface area contributed by atoms with Crippen LogP contribution in [0.25, 0.3) is 0 Å². The molecule has 1 aliphatic rings. The SMILES string of the molecule is Cc1ccc(C(N)C2=CCCCO2)c(C)c1. The molecule has 1 unspecified atom stereocenters. The van der Waals surface area contributed by atoms with E-state index in [1.165, 1.54) is 16.7 Å². The van der Waals surface area contributed by atoms with Crippen molar-refractivity contribution in [2.45, 2.75) is 32.7 Å². The van der Waals surface area contributed by atoms with Crippen LogP contribution in [0, 0.1) is 13.8 Å². The Morgan fingerprint density at radius 1 is 1.31 bits per heavy atom. The van der Waals surface area contributed by atoms with Gasteiger partial charge >= 0.3 is 0 Å². The largest absolute Gasteiger partial charge is 0.496 e. The molecule has 0 aliphatic carbocycles. The van der Waals surface area contributed by atoms with Gasteiger partial charge in [0.15, 0.2) is 0 Å². The van der Waals surface area contributed by atoms with E-state index >= 15 is 0 Å². The van der Waals surface area contributed by atoms with Gasteiger partial charge in [0.2, 0.25) is 0 Å². The summed E-state index contributed by atoms with van der Waals surface area (Å²) in [4.78, 5) is 0. The van der Waals surface area contributed by atoms with Crippen molar-refractivity contribution in [3.05, 3.63) is 46.7 Å². The Kier molecular flexibility index (Phi) is 3.30. The van der Waals surface area contributed by atoms with Gasteiger partial charge in [-0.2, -0.15) is 0 Å². The van der Waals surface area contributed by atoms with Crippen molar-refractivity contribution in [2.75, 3.05) is 6.61 Å². The number of allylic oxidation sites excluding steroid dienone is 1. The zero-order chi connectivity index (χ0) is 11.5. The van der Waals surface area contributed by atoms with Crippen molar-refractivity contribution in [1.82, 2.24) is 0 Å². The van der Waals surface area contributed by atoms with E-state index in [-0.39, 0.29) is 6.04 Å². The maximum atomic E-state index is 6.23. The summed E-state index contributed by atoms with van der Waals surface area (Å²) in [6.07, 6.45) is 4.30. The average Bonchev–Trinajstić information content (AvgIpc) is 2.29. The lowest BCUT2D eigenvalue weighted by Crippen LogP contribution is -2.18. The molecule has 1 aliphatic heterocycles. The molecule has 1 atom stereocenters. The summed E-state index contributed by atoms with van der Waals surface area (Å²) in [6, 6.07) is 6.26. The highest BCUT2D eigenvalue weighted by Gasteiger charge is 2.17. The summed E-state index contributed by atoms with van der Waals surface area (Å²) < 4.78 is 5.62. The fraction of sp³-hybridized carbons (Fsp3) is 0.429. The number of nitrogens with two attached hydrogens (primary N) is 1. The first-order chi connectivity index (χ1) is 7.68. The van der Waals surface area contributed by atoms with Crippen LogP contribution in [-0.4, -0.2) is 6.61 Å². The topological polar surface area (TPSA) is 35.2 Å². The van der Waals surface area contributed by atoms with Crippen LogP contribution in [0.5, 0.6) is 0 Å². The lowest BCUT2D eigenvalue weighted by atomic mass is 9.97. The monoisotopic (exact) mass is 217 g/mol. The van der Waals surface area contributed by atoms with Crippen molar-refractivity contribution >= 4 is 0 Å². The maximum absolute atomic E-state index is 6.23. The molecule has 0 spiro atoms. The molecule has 0 aromatic heterocycles. The van der Waals surface area contributed by atoms with Gasteiger partial charge in [-0.05, 0) is 43.9 Å². The van der Waals surface area contributed by atoms with Crippen LogP contribution in [0.3, 0.4) is 0 Å². The fourth-order valence-electron chi connectivity index (χ4n) is 2.12. The molecule has 86 valence electrons. The Morgan fingerprint density at radius 3 is 2.75 bits per heavy atom. The number of ether oxygens (including phenoxy) is 1. The van der Waals surface area contributed by atoms with Crippen LogP contribution in [0.4, 0.5) is 0 Å². The van der Waals surface area contributed by atoms with Gasteiger partial charge in [-0.3, -0.25) is 0 Å². The van der Waals surface area contributed by atoms with Crippen molar-refractivity contribution in [1.29, 1.82) is 0 Å². The smallest absolute Gasteiger partial charge is 0.113 e. The lowest BCUT2D eigenvalue weighted by molar-refractivity contribution is 0.175. The van der Waals surface area contributed by atoms with Crippen LogP contribution in [0.1, 0.15) is 35.6 Å². The number of aryl methyl sites for hydroxylation is 2. The molecule has 0 bridgehead atoms. The molecule has 0 amide bonds. The summed E-state index contributed by atoms with van der Waals surface area (Å²) >= 11 is 0. The van der Waals surface area contributed by atoms with E-state index in [1.54, 1.807) is 0 Å². The van der Waals surface area contributed by atoms with Gasteiger partial charge in [0, 0.05) is 0 Å². The van der Waals surface area contributed by atoms with Crippen molar-refractivity contribution in [3.8, 4) is 0 Å². The summed E-state index contributed by atoms with van der Waals surface area (Å²) in [7, 11) is 0. The molecular weight excluding hydrogens is 198 g/mol. The normalized spacial score (nSPS) is 17.6. The molecular formula is C14H19NO. The molecule has 2 nitrogen and oxygen atoms in total. The third-order valence-electron chi connectivity index (χ3n) is 3.03. The molecule has 2 heteroatoms. The molecule has 2 rings (SSSR count). The molecule has 1 aromatic rings. The quantitative estimate of drug-likeness (QED) is 0.826. The predicted molar refractivity (Wildman–Crippen MR) is 66.1 cm³/mol. The zero-order valence-corrected chi connectivity index (χ0v) is 9.99. The Morgan fingerprint density at radius 2 is 2.12 bits per heavy atom. The van der Waals surface area contributed by atoms with E-state index in [4.69, 9.17) is 10.5 Å². The minimum Gasteiger partial charge on any atom is -0.496 e. The highest BCUT2D eigenvalue weighted by molar-refractivity contribution is 5.36. The lowest BCUT2D eigenvalue weighted by Gasteiger charge is -2.22. The zero-order valence-electron chi connectivity index (χ0n) is 9.99. The van der Waals surface area contributed by atoms with Gasteiger partial charge in [0.25, 0.3) is 0 Å². The first kappa shape index (κ1) is 11.2. The molecule has 1 heterocycles. The number of hydrogen-bond acceptors (Lipinski definition) is 2. The fourth-order valence-corrected chi connectivity index (χ4v) is 2.12. The first-order valence-electron chi connectivity index (χ1n) is 5.84. The molecule has 2 N–H and O–H groups in total. The van der Waals surface area contributed by atoms with Gasteiger partial charge in [0.05, 0.1) is 12.6 Å². The highest BCUT2D eigenvalue weighted by Crippen LogP contribution is 2.26. The van der Waals surface area contributed by atoms with E-state index in [1.807, 2.05) is 0 Å². The van der Waals surface area contributed by atoms with E-state index in [2.05, 4.69) is 38.1 Å². The second-order valence-electron chi connectivity index (χ2n) is 4.43. The van der Waals surface area contributed by atoms with Crippen molar-refractivity contribution in [2.24, 2.45) is 5.73 Å². The van der Waals surface area contributed by atoms with Crippen LogP contribution in [-0.2, 0) is 4.74 Å². The summed E-state index contributed by atoms with van der Waals surface area (Å²) in [5, 5.41) is 0. The molecule has 0 saturated heterocycles. The highest BCUT2D eigenvalue weighted by atomic mass is 16.5. The van der Waals surface area contributed by atoms with E-state index in [9.17, 15) is 0 Å². The van der Waals surface area contributed by atoms with Gasteiger partial charge in [-0.25, -0.2) is 0 Å². The molecule has 0 fully saturated rings. The Labute approximate surface area is 97.1 Å². The minimum atomic E-state index is -0.110. The van der Waals surface area contributed by atoms with Crippen LogP contribution in [0.2, 0.25) is 0 Å². The van der Waals surface area contributed by atoms with Crippen molar-refractivity contribution < 1.29 is 4.74 Å². The summed E-state index contributed by atoms with van der Waals surface area (Å²) in [5.41, 5.74) is 9.90. The average molecular weight is 217 g/mol. The van der Waals surface area contributed by atoms with E-state index < -0.39 is 0 Å². The van der Waals surface area contributed by atoms with Gasteiger partial charge in [-0.15, -0.1) is 0 Å². The molecule has 1 aromatic carbocycles. The van der Waals surface area contributed by atoms with Gasteiger partial charge in [0.1, 0.15) is 5.76 Å².